The number of aromatic nitrogens is 1. The molecule has 0 amide bonds. The zero-order valence-electron chi connectivity index (χ0n) is 4.46. The van der Waals surface area contributed by atoms with E-state index < -0.39 is 0 Å². The highest BCUT2D eigenvalue weighted by Gasteiger charge is 1.82. The Kier molecular flexibility index (Phi) is 1.59. The predicted octanol–water partition coefficient (Wildman–Crippen LogP) is 0.340. The van der Waals surface area contributed by atoms with Crippen LogP contribution in [0.5, 0.6) is 0 Å². The molecule has 0 aromatic carbocycles. The highest BCUT2D eigenvalue weighted by atomic mass is 14.6. The second kappa shape index (κ2) is 2.43. The van der Waals surface area contributed by atoms with Gasteiger partial charge in [0.05, 0.1) is 6.20 Å². The van der Waals surface area contributed by atoms with Crippen molar-refractivity contribution in [3.63, 3.8) is 0 Å². The van der Waals surface area contributed by atoms with Gasteiger partial charge in [-0.25, -0.2) is 0 Å². The molecule has 1 aromatic heterocycles. The van der Waals surface area contributed by atoms with Gasteiger partial charge in [-0.3, -0.25) is 4.98 Å². The van der Waals surface area contributed by atoms with Crippen molar-refractivity contribution in [3.05, 3.63) is 30.1 Å². The molecule has 0 fully saturated rings. The van der Waals surface area contributed by atoms with Gasteiger partial charge in [-0.1, -0.05) is 6.07 Å². The van der Waals surface area contributed by atoms with Crippen LogP contribution in [0.2, 0.25) is 0 Å². The Balaban J connectivity index is 2.83. The van der Waals surface area contributed by atoms with Crippen LogP contribution < -0.4 is 5.73 Å². The monoisotopic (exact) mass is 107 g/mol. The van der Waals surface area contributed by atoms with Crippen LogP contribution in [0.3, 0.4) is 0 Å². The third kappa shape index (κ3) is 1.04. The highest BCUT2D eigenvalue weighted by Crippen LogP contribution is 1.89. The summed E-state index contributed by atoms with van der Waals surface area (Å²) in [6.07, 6.45) is 4.42. The van der Waals surface area contributed by atoms with Gasteiger partial charge in [0.1, 0.15) is 0 Å². The van der Waals surface area contributed by atoms with Gasteiger partial charge in [-0.05, 0) is 11.6 Å². The summed E-state index contributed by atoms with van der Waals surface area (Å²) in [5.41, 5.74) is 6.23. The van der Waals surface area contributed by atoms with Crippen LogP contribution >= 0.6 is 0 Å². The van der Waals surface area contributed by atoms with Crippen molar-refractivity contribution in [1.29, 1.82) is 0 Å². The van der Waals surface area contributed by atoms with Crippen LogP contribution in [-0.2, 0) is 6.54 Å². The molecule has 0 aliphatic heterocycles. The minimum Gasteiger partial charge on any atom is -0.326 e. The molecule has 2 N–H and O–H groups in total. The fraction of sp³-hybridized carbons (Fsp3) is 0.167. The molecule has 2 heteroatoms. The van der Waals surface area contributed by atoms with E-state index in [0.29, 0.717) is 6.54 Å². The van der Waals surface area contributed by atoms with Crippen LogP contribution in [0, 0.1) is 6.20 Å². The molecule has 1 rings (SSSR count). The normalized spacial score (nSPS) is 9.12. The SMILES string of the molecule is NCc1[c]nccc1. The molecule has 0 saturated heterocycles. The topological polar surface area (TPSA) is 38.9 Å². The van der Waals surface area contributed by atoms with Gasteiger partial charge in [0, 0.05) is 12.7 Å². The first-order valence-corrected chi connectivity index (χ1v) is 2.45. The van der Waals surface area contributed by atoms with Crippen molar-refractivity contribution >= 4 is 0 Å². The van der Waals surface area contributed by atoms with Gasteiger partial charge in [0.25, 0.3) is 0 Å². The first-order valence-electron chi connectivity index (χ1n) is 2.45. The van der Waals surface area contributed by atoms with Gasteiger partial charge in [0.2, 0.25) is 0 Å². The standard InChI is InChI=1S/C6H7N2/c7-4-6-2-1-3-8-5-6/h1-3H,4,7H2. The van der Waals surface area contributed by atoms with Crippen molar-refractivity contribution in [1.82, 2.24) is 4.98 Å². The van der Waals surface area contributed by atoms with E-state index >= 15 is 0 Å². The highest BCUT2D eigenvalue weighted by molar-refractivity contribution is 5.05. The zero-order chi connectivity index (χ0) is 5.82. The number of pyridine rings is 1. The molecule has 1 radical (unpaired) electrons. The van der Waals surface area contributed by atoms with Crippen molar-refractivity contribution in [2.24, 2.45) is 5.73 Å². The summed E-state index contributed by atoms with van der Waals surface area (Å²) in [4.78, 5) is 3.75. The molecule has 1 aromatic rings. The van der Waals surface area contributed by atoms with E-state index in [2.05, 4.69) is 11.2 Å². The second-order valence-electron chi connectivity index (χ2n) is 1.48. The molecule has 0 aliphatic carbocycles. The lowest BCUT2D eigenvalue weighted by atomic mass is 10.3. The van der Waals surface area contributed by atoms with Crippen LogP contribution in [-0.4, -0.2) is 4.98 Å². The lowest BCUT2D eigenvalue weighted by molar-refractivity contribution is 1.04. The molecular formula is C6H7N2. The minimum atomic E-state index is 0.522. The molecule has 0 atom stereocenters. The summed E-state index contributed by atoms with van der Waals surface area (Å²) in [5.74, 6) is 0. The summed E-state index contributed by atoms with van der Waals surface area (Å²) in [7, 11) is 0. The maximum Gasteiger partial charge on any atom is 0.0934 e. The van der Waals surface area contributed by atoms with E-state index in [-0.39, 0.29) is 0 Å². The molecule has 41 valence electrons. The number of hydrogen-bond acceptors (Lipinski definition) is 2. The maximum atomic E-state index is 5.28. The van der Waals surface area contributed by atoms with Crippen molar-refractivity contribution in [2.45, 2.75) is 6.54 Å². The number of nitrogens with zero attached hydrogens (tertiary/aromatic N) is 1. The predicted molar refractivity (Wildman–Crippen MR) is 31.0 cm³/mol. The van der Waals surface area contributed by atoms with Crippen LogP contribution in [0.15, 0.2) is 18.3 Å². The first kappa shape index (κ1) is 5.25. The largest absolute Gasteiger partial charge is 0.326 e. The Labute approximate surface area is 48.4 Å². The third-order valence-electron chi connectivity index (χ3n) is 0.886. The molecule has 1 heterocycles. The van der Waals surface area contributed by atoms with Gasteiger partial charge >= 0.3 is 0 Å². The molecule has 8 heavy (non-hydrogen) atoms. The van der Waals surface area contributed by atoms with Crippen LogP contribution in [0.1, 0.15) is 5.56 Å². The smallest absolute Gasteiger partial charge is 0.0934 e. The summed E-state index contributed by atoms with van der Waals surface area (Å²) in [6, 6.07) is 3.74. The average Bonchev–Trinajstić information content (AvgIpc) is 1.90. The summed E-state index contributed by atoms with van der Waals surface area (Å²) in [6.45, 7) is 0.522. The molecule has 0 spiro atoms. The Morgan fingerprint density at radius 3 is 3.00 bits per heavy atom. The fourth-order valence-corrected chi connectivity index (χ4v) is 0.473. The summed E-state index contributed by atoms with van der Waals surface area (Å²) in [5, 5.41) is 0. The summed E-state index contributed by atoms with van der Waals surface area (Å²) >= 11 is 0. The van der Waals surface area contributed by atoms with E-state index in [1.807, 2.05) is 12.1 Å². The Morgan fingerprint density at radius 1 is 1.75 bits per heavy atom. The van der Waals surface area contributed by atoms with Crippen molar-refractivity contribution < 1.29 is 0 Å². The molecule has 0 aliphatic rings. The van der Waals surface area contributed by atoms with Gasteiger partial charge in [-0.2, -0.15) is 0 Å². The molecule has 0 unspecified atom stereocenters. The molecule has 0 bridgehead atoms. The number of rotatable bonds is 1. The second-order valence-corrected chi connectivity index (χ2v) is 1.48. The first-order chi connectivity index (χ1) is 3.93. The molecular weight excluding hydrogens is 100 g/mol. The number of nitrogens with two attached hydrogens (primary N) is 1. The van der Waals surface area contributed by atoms with E-state index in [0.717, 1.165) is 5.56 Å². The van der Waals surface area contributed by atoms with Gasteiger partial charge < -0.3 is 5.73 Å². The van der Waals surface area contributed by atoms with E-state index in [4.69, 9.17) is 5.73 Å². The lowest BCUT2D eigenvalue weighted by Crippen LogP contribution is -1.95. The molecule has 0 saturated carbocycles. The van der Waals surface area contributed by atoms with Crippen molar-refractivity contribution in [2.75, 3.05) is 0 Å². The van der Waals surface area contributed by atoms with Crippen molar-refractivity contribution in [3.8, 4) is 0 Å². The average molecular weight is 107 g/mol. The number of hydrogen-bond donors (Lipinski definition) is 1. The van der Waals surface area contributed by atoms with Crippen LogP contribution in [0.4, 0.5) is 0 Å². The van der Waals surface area contributed by atoms with E-state index in [1.54, 1.807) is 6.20 Å². The fourth-order valence-electron chi connectivity index (χ4n) is 0.473. The lowest BCUT2D eigenvalue weighted by Gasteiger charge is -1.88. The maximum absolute atomic E-state index is 5.28. The van der Waals surface area contributed by atoms with Gasteiger partial charge in [0.15, 0.2) is 0 Å². The van der Waals surface area contributed by atoms with Crippen LogP contribution in [0.25, 0.3) is 0 Å². The quantitative estimate of drug-likeness (QED) is 0.562. The van der Waals surface area contributed by atoms with Gasteiger partial charge in [-0.15, -0.1) is 0 Å². The van der Waals surface area contributed by atoms with E-state index in [1.165, 1.54) is 0 Å². The molecule has 2 nitrogen and oxygen atoms in total. The Bertz CT molecular complexity index is 148. The Hall–Kier alpha value is -0.890. The Morgan fingerprint density at radius 2 is 2.62 bits per heavy atom. The third-order valence-corrected chi connectivity index (χ3v) is 0.886. The summed E-state index contributed by atoms with van der Waals surface area (Å²) < 4.78 is 0. The van der Waals surface area contributed by atoms with E-state index in [9.17, 15) is 0 Å². The minimum absolute atomic E-state index is 0.522. The zero-order valence-corrected chi connectivity index (χ0v) is 4.46.